The molecule has 0 spiro atoms. The predicted molar refractivity (Wildman–Crippen MR) is 74.2 cm³/mol. The van der Waals surface area contributed by atoms with Crippen LogP contribution in [0.1, 0.15) is 5.82 Å². The Morgan fingerprint density at radius 1 is 1.43 bits per heavy atom. The molecule has 2 aromatic rings. The largest absolute Gasteiger partial charge is 0.495 e. The molecule has 1 heterocycles. The summed E-state index contributed by atoms with van der Waals surface area (Å²) in [7, 11) is -2.84. The Bertz CT molecular complexity index is 815. The van der Waals surface area contributed by atoms with Crippen molar-refractivity contribution in [3.63, 3.8) is 0 Å². The van der Waals surface area contributed by atoms with Gasteiger partial charge in [0.2, 0.25) is 5.82 Å². The lowest BCUT2D eigenvalue weighted by molar-refractivity contribution is -0.390. The van der Waals surface area contributed by atoms with Crippen LogP contribution in [0.25, 0.3) is 0 Å². The van der Waals surface area contributed by atoms with Crippen molar-refractivity contribution in [2.75, 3.05) is 7.11 Å². The molecular weight excluding hydrogens is 322 g/mol. The van der Waals surface area contributed by atoms with E-state index in [0.717, 1.165) is 6.20 Å². The van der Waals surface area contributed by atoms with Crippen molar-refractivity contribution >= 4 is 27.4 Å². The van der Waals surface area contributed by atoms with E-state index < -0.39 is 20.8 Å². The average Bonchev–Trinajstić information content (AvgIpc) is 2.81. The van der Waals surface area contributed by atoms with Crippen molar-refractivity contribution in [2.45, 2.75) is 11.8 Å². The van der Waals surface area contributed by atoms with Gasteiger partial charge in [0.1, 0.15) is 16.8 Å². The summed E-state index contributed by atoms with van der Waals surface area (Å²) in [5.41, 5.74) is 0. The number of nitrogens with zero attached hydrogens (tertiary/aromatic N) is 3. The van der Waals surface area contributed by atoms with Crippen LogP contribution in [0.4, 0.5) is 5.82 Å². The smallest absolute Gasteiger partial charge is 0.358 e. The van der Waals surface area contributed by atoms with E-state index in [2.05, 4.69) is 4.98 Å². The van der Waals surface area contributed by atoms with Crippen molar-refractivity contribution in [3.8, 4) is 5.75 Å². The Kier molecular flexibility index (Phi) is 3.88. The summed E-state index contributed by atoms with van der Waals surface area (Å²) >= 11 is 5.84. The normalized spacial score (nSPS) is 11.4. The molecule has 0 atom stereocenters. The summed E-state index contributed by atoms with van der Waals surface area (Å²) in [4.78, 5) is 13.6. The van der Waals surface area contributed by atoms with E-state index >= 15 is 0 Å². The molecule has 0 saturated heterocycles. The zero-order chi connectivity index (χ0) is 15.8. The molecule has 0 amide bonds. The lowest BCUT2D eigenvalue weighted by Crippen LogP contribution is -2.16. The Labute approximate surface area is 125 Å². The lowest BCUT2D eigenvalue weighted by atomic mass is 10.3. The highest BCUT2D eigenvalue weighted by Crippen LogP contribution is 2.30. The van der Waals surface area contributed by atoms with Crippen molar-refractivity contribution in [1.82, 2.24) is 8.96 Å². The quantitative estimate of drug-likeness (QED) is 0.626. The third kappa shape index (κ3) is 2.57. The third-order valence-corrected chi connectivity index (χ3v) is 4.81. The van der Waals surface area contributed by atoms with Crippen molar-refractivity contribution in [3.05, 3.63) is 45.4 Å². The van der Waals surface area contributed by atoms with Crippen LogP contribution in [-0.2, 0) is 10.0 Å². The molecule has 0 N–H and O–H groups in total. The van der Waals surface area contributed by atoms with E-state index in [9.17, 15) is 18.5 Å². The molecule has 112 valence electrons. The fraction of sp³-hybridized carbons (Fsp3) is 0.182. The van der Waals surface area contributed by atoms with Crippen molar-refractivity contribution in [1.29, 1.82) is 0 Å². The molecule has 0 unspecified atom stereocenters. The van der Waals surface area contributed by atoms with Gasteiger partial charge in [0.15, 0.2) is 0 Å². The standard InChI is InChI=1S/C11H10ClN3O5S/c1-7-13-6-11(15(16)17)14(7)21(18,19)8-3-4-9(12)10(5-8)20-2/h3-6H,1-2H3. The molecular formula is C11H10ClN3O5S. The first-order chi connectivity index (χ1) is 9.78. The van der Waals surface area contributed by atoms with Gasteiger partial charge in [0, 0.05) is 13.0 Å². The zero-order valence-electron chi connectivity index (χ0n) is 11.0. The van der Waals surface area contributed by atoms with Crippen LogP contribution in [0.2, 0.25) is 5.02 Å². The number of hydrogen-bond donors (Lipinski definition) is 0. The van der Waals surface area contributed by atoms with Gasteiger partial charge in [0.25, 0.3) is 0 Å². The topological polar surface area (TPSA) is 104 Å². The molecule has 0 aliphatic carbocycles. The van der Waals surface area contributed by atoms with E-state index in [1.165, 1.54) is 32.2 Å². The SMILES string of the molecule is COc1cc(S(=O)(=O)n2c([N+](=O)[O-])cnc2C)ccc1Cl. The van der Waals surface area contributed by atoms with Crippen LogP contribution < -0.4 is 4.74 Å². The molecule has 1 aromatic heterocycles. The van der Waals surface area contributed by atoms with Gasteiger partial charge in [0.05, 0.1) is 12.1 Å². The Hall–Kier alpha value is -2.13. The number of nitro groups is 1. The second-order valence-corrected chi connectivity index (χ2v) is 6.18. The highest BCUT2D eigenvalue weighted by molar-refractivity contribution is 7.90. The monoisotopic (exact) mass is 331 g/mol. The fourth-order valence-electron chi connectivity index (χ4n) is 1.75. The second-order valence-electron chi connectivity index (χ2n) is 3.99. The average molecular weight is 332 g/mol. The summed E-state index contributed by atoms with van der Waals surface area (Å²) in [6.07, 6.45) is 0.889. The van der Waals surface area contributed by atoms with Gasteiger partial charge < -0.3 is 14.9 Å². The number of methoxy groups -OCH3 is 1. The number of aryl methyl sites for hydroxylation is 1. The van der Waals surface area contributed by atoms with Crippen molar-refractivity contribution in [2.24, 2.45) is 0 Å². The van der Waals surface area contributed by atoms with E-state index in [1.807, 2.05) is 0 Å². The molecule has 0 fully saturated rings. The van der Waals surface area contributed by atoms with Gasteiger partial charge >= 0.3 is 15.8 Å². The maximum atomic E-state index is 12.5. The predicted octanol–water partition coefficient (Wildman–Crippen LogP) is 2.00. The summed E-state index contributed by atoms with van der Waals surface area (Å²) in [6.45, 7) is 1.36. The Balaban J connectivity index is 2.68. The minimum Gasteiger partial charge on any atom is -0.495 e. The molecule has 21 heavy (non-hydrogen) atoms. The summed E-state index contributed by atoms with van der Waals surface area (Å²) in [6, 6.07) is 3.77. The maximum Gasteiger partial charge on any atom is 0.358 e. The fourth-order valence-corrected chi connectivity index (χ4v) is 3.40. The van der Waals surface area contributed by atoms with E-state index in [-0.39, 0.29) is 21.5 Å². The molecule has 0 aliphatic heterocycles. The first kappa shape index (κ1) is 15.3. The molecule has 1 aromatic carbocycles. The second kappa shape index (κ2) is 5.34. The molecule has 0 radical (unpaired) electrons. The van der Waals surface area contributed by atoms with Crippen LogP contribution in [0.3, 0.4) is 0 Å². The highest BCUT2D eigenvalue weighted by atomic mass is 35.5. The van der Waals surface area contributed by atoms with E-state index in [1.54, 1.807) is 0 Å². The van der Waals surface area contributed by atoms with E-state index in [0.29, 0.717) is 3.97 Å². The maximum absolute atomic E-state index is 12.5. The Morgan fingerprint density at radius 3 is 2.67 bits per heavy atom. The number of ether oxygens (including phenoxy) is 1. The number of rotatable bonds is 4. The molecule has 10 heteroatoms. The third-order valence-electron chi connectivity index (χ3n) is 2.72. The van der Waals surface area contributed by atoms with Gasteiger partial charge in [-0.2, -0.15) is 8.42 Å². The number of hydrogen-bond acceptors (Lipinski definition) is 6. The van der Waals surface area contributed by atoms with Crippen molar-refractivity contribution < 1.29 is 18.1 Å². The highest BCUT2D eigenvalue weighted by Gasteiger charge is 2.32. The minimum atomic E-state index is -4.18. The van der Waals surface area contributed by atoms with Gasteiger partial charge in [-0.25, -0.2) is 4.98 Å². The molecule has 0 bridgehead atoms. The number of aromatic nitrogens is 2. The molecule has 0 aliphatic rings. The summed E-state index contributed by atoms with van der Waals surface area (Å²) < 4.78 is 30.6. The minimum absolute atomic E-state index is 0.0179. The zero-order valence-corrected chi connectivity index (χ0v) is 12.6. The Morgan fingerprint density at radius 2 is 2.10 bits per heavy atom. The van der Waals surface area contributed by atoms with Crippen LogP contribution in [0, 0.1) is 17.0 Å². The number of halogens is 1. The van der Waals surface area contributed by atoms with Crippen LogP contribution in [0.15, 0.2) is 29.3 Å². The van der Waals surface area contributed by atoms with Crippen LogP contribution >= 0.6 is 11.6 Å². The first-order valence-corrected chi connectivity index (χ1v) is 7.38. The molecule has 8 nitrogen and oxygen atoms in total. The van der Waals surface area contributed by atoms with Crippen LogP contribution in [0.5, 0.6) is 5.75 Å². The molecule has 2 rings (SSSR count). The van der Waals surface area contributed by atoms with Gasteiger partial charge in [-0.05, 0) is 17.1 Å². The van der Waals surface area contributed by atoms with E-state index in [4.69, 9.17) is 16.3 Å². The first-order valence-electron chi connectivity index (χ1n) is 5.57. The van der Waals surface area contributed by atoms with Gasteiger partial charge in [-0.1, -0.05) is 15.6 Å². The number of benzene rings is 1. The molecule has 0 saturated carbocycles. The summed E-state index contributed by atoms with van der Waals surface area (Å²) in [5.74, 6) is -0.504. The van der Waals surface area contributed by atoms with Crippen LogP contribution in [-0.4, -0.2) is 29.4 Å². The van der Waals surface area contributed by atoms with Gasteiger partial charge in [-0.15, -0.1) is 0 Å². The van der Waals surface area contributed by atoms with Gasteiger partial charge in [-0.3, -0.25) is 0 Å². The lowest BCUT2D eigenvalue weighted by Gasteiger charge is -2.07. The summed E-state index contributed by atoms with van der Waals surface area (Å²) in [5, 5.41) is 11.2. The number of imidazole rings is 1.